The van der Waals surface area contributed by atoms with Crippen molar-refractivity contribution in [2.45, 2.75) is 12.6 Å². The third-order valence-electron chi connectivity index (χ3n) is 2.63. The van der Waals surface area contributed by atoms with Crippen LogP contribution in [0.4, 0.5) is 13.2 Å². The van der Waals surface area contributed by atoms with Gasteiger partial charge in [-0.15, -0.1) is 0 Å². The highest BCUT2D eigenvalue weighted by Crippen LogP contribution is 2.29. The van der Waals surface area contributed by atoms with Gasteiger partial charge in [0.25, 0.3) is 5.91 Å². The quantitative estimate of drug-likeness (QED) is 0.617. The maximum absolute atomic E-state index is 12.4. The first-order valence-corrected chi connectivity index (χ1v) is 6.44. The van der Waals surface area contributed by atoms with Gasteiger partial charge in [0, 0.05) is 20.3 Å². The van der Waals surface area contributed by atoms with Crippen LogP contribution in [0.3, 0.4) is 0 Å². The number of rotatable bonds is 7. The van der Waals surface area contributed by atoms with Crippen LogP contribution in [-0.4, -0.2) is 38.7 Å². The van der Waals surface area contributed by atoms with E-state index in [9.17, 15) is 22.8 Å². The van der Waals surface area contributed by atoms with Crippen LogP contribution in [0.2, 0.25) is 0 Å². The molecule has 1 aromatic carbocycles. The van der Waals surface area contributed by atoms with E-state index < -0.39 is 30.2 Å². The number of ether oxygens (including phenoxy) is 2. The molecule has 0 fully saturated rings. The van der Waals surface area contributed by atoms with E-state index in [0.717, 1.165) is 24.3 Å². The first kappa shape index (κ1) is 18.0. The molecule has 1 rings (SSSR count). The van der Waals surface area contributed by atoms with E-state index in [1.807, 2.05) is 0 Å². The summed E-state index contributed by atoms with van der Waals surface area (Å²) in [5.74, 6) is -1.35. The lowest BCUT2D eigenvalue weighted by Crippen LogP contribution is -2.30. The molecule has 1 N–H and O–H groups in total. The highest BCUT2D eigenvalue weighted by Gasteiger charge is 2.30. The van der Waals surface area contributed by atoms with Gasteiger partial charge in [-0.1, -0.05) is 0 Å². The van der Waals surface area contributed by atoms with Gasteiger partial charge in [-0.25, -0.2) is 4.79 Å². The summed E-state index contributed by atoms with van der Waals surface area (Å²) in [7, 11) is 1.54. The summed E-state index contributed by atoms with van der Waals surface area (Å²) in [5.41, 5.74) is -0.917. The van der Waals surface area contributed by atoms with Crippen molar-refractivity contribution >= 4 is 11.9 Å². The SMILES string of the molecule is COCCCNC(=O)COC(=O)c1ccc(C(F)(F)F)cc1. The zero-order valence-electron chi connectivity index (χ0n) is 11.9. The molecule has 0 aliphatic heterocycles. The van der Waals surface area contributed by atoms with Gasteiger partial charge in [-0.05, 0) is 30.7 Å². The molecule has 0 saturated heterocycles. The van der Waals surface area contributed by atoms with Gasteiger partial charge >= 0.3 is 12.1 Å². The zero-order chi connectivity index (χ0) is 16.6. The van der Waals surface area contributed by atoms with Crippen LogP contribution in [0, 0.1) is 0 Å². The predicted octanol–water partition coefficient (Wildman–Crippen LogP) is 2.01. The van der Waals surface area contributed by atoms with Crippen molar-refractivity contribution in [1.29, 1.82) is 0 Å². The lowest BCUT2D eigenvalue weighted by molar-refractivity contribution is -0.137. The van der Waals surface area contributed by atoms with Crippen LogP contribution in [-0.2, 0) is 20.4 Å². The van der Waals surface area contributed by atoms with E-state index in [2.05, 4.69) is 5.32 Å². The first-order chi connectivity index (χ1) is 10.3. The van der Waals surface area contributed by atoms with E-state index in [1.54, 1.807) is 0 Å². The topological polar surface area (TPSA) is 64.6 Å². The minimum absolute atomic E-state index is 0.0554. The molecule has 122 valence electrons. The number of methoxy groups -OCH3 is 1. The van der Waals surface area contributed by atoms with E-state index in [-0.39, 0.29) is 5.56 Å². The molecule has 0 aliphatic rings. The Morgan fingerprint density at radius 1 is 1.18 bits per heavy atom. The van der Waals surface area contributed by atoms with Crippen LogP contribution < -0.4 is 5.32 Å². The normalized spacial score (nSPS) is 11.1. The summed E-state index contributed by atoms with van der Waals surface area (Å²) in [6.07, 6.45) is -3.85. The zero-order valence-corrected chi connectivity index (χ0v) is 11.9. The number of hydrogen-bond donors (Lipinski definition) is 1. The molecule has 0 bridgehead atoms. The molecular formula is C14H16F3NO4. The number of carbonyl (C=O) groups is 2. The maximum Gasteiger partial charge on any atom is 0.416 e. The number of benzene rings is 1. The second-order valence-electron chi connectivity index (χ2n) is 4.35. The largest absolute Gasteiger partial charge is 0.452 e. The Kier molecular flexibility index (Phi) is 6.84. The Balaban J connectivity index is 2.40. The minimum Gasteiger partial charge on any atom is -0.452 e. The number of halogens is 3. The fourth-order valence-corrected chi connectivity index (χ4v) is 1.51. The number of carbonyl (C=O) groups excluding carboxylic acids is 2. The summed E-state index contributed by atoms with van der Waals surface area (Å²) in [4.78, 5) is 22.9. The number of hydrogen-bond acceptors (Lipinski definition) is 4. The Morgan fingerprint density at radius 3 is 2.36 bits per heavy atom. The first-order valence-electron chi connectivity index (χ1n) is 6.44. The van der Waals surface area contributed by atoms with Gasteiger partial charge in [-0.3, -0.25) is 4.79 Å². The van der Waals surface area contributed by atoms with Crippen molar-refractivity contribution < 1.29 is 32.2 Å². The lowest BCUT2D eigenvalue weighted by atomic mass is 10.1. The molecule has 0 unspecified atom stereocenters. The van der Waals surface area contributed by atoms with E-state index in [0.29, 0.717) is 19.6 Å². The van der Waals surface area contributed by atoms with Crippen LogP contribution in [0.25, 0.3) is 0 Å². The third-order valence-corrected chi connectivity index (χ3v) is 2.63. The van der Waals surface area contributed by atoms with Crippen molar-refractivity contribution in [3.8, 4) is 0 Å². The molecule has 0 aromatic heterocycles. The number of alkyl halides is 3. The van der Waals surface area contributed by atoms with Crippen molar-refractivity contribution in [1.82, 2.24) is 5.32 Å². The molecule has 1 aromatic rings. The molecule has 5 nitrogen and oxygen atoms in total. The van der Waals surface area contributed by atoms with Gasteiger partial charge in [0.2, 0.25) is 0 Å². The molecule has 8 heteroatoms. The molecule has 0 atom stereocenters. The third kappa shape index (κ3) is 6.13. The Hall–Kier alpha value is -2.09. The number of nitrogens with one attached hydrogen (secondary N) is 1. The Morgan fingerprint density at radius 2 is 1.82 bits per heavy atom. The minimum atomic E-state index is -4.47. The van der Waals surface area contributed by atoms with Gasteiger partial charge in [-0.2, -0.15) is 13.2 Å². The van der Waals surface area contributed by atoms with Crippen molar-refractivity contribution in [2.24, 2.45) is 0 Å². The van der Waals surface area contributed by atoms with E-state index in [4.69, 9.17) is 9.47 Å². The van der Waals surface area contributed by atoms with Crippen LogP contribution in [0.1, 0.15) is 22.3 Å². The maximum atomic E-state index is 12.4. The molecule has 0 aliphatic carbocycles. The fraction of sp³-hybridized carbons (Fsp3) is 0.429. The summed E-state index contributed by atoms with van der Waals surface area (Å²) >= 11 is 0. The summed E-state index contributed by atoms with van der Waals surface area (Å²) in [5, 5.41) is 2.51. The van der Waals surface area contributed by atoms with Crippen LogP contribution in [0.15, 0.2) is 24.3 Å². The molecule has 0 heterocycles. The number of amides is 1. The lowest BCUT2D eigenvalue weighted by Gasteiger charge is -2.08. The van der Waals surface area contributed by atoms with Crippen LogP contribution in [0.5, 0.6) is 0 Å². The van der Waals surface area contributed by atoms with E-state index >= 15 is 0 Å². The molecule has 1 amide bonds. The smallest absolute Gasteiger partial charge is 0.416 e. The average Bonchev–Trinajstić information content (AvgIpc) is 2.48. The van der Waals surface area contributed by atoms with Crippen molar-refractivity contribution in [3.05, 3.63) is 35.4 Å². The summed E-state index contributed by atoms with van der Waals surface area (Å²) in [6, 6.07) is 3.56. The van der Waals surface area contributed by atoms with Gasteiger partial charge < -0.3 is 14.8 Å². The Labute approximate surface area is 125 Å². The van der Waals surface area contributed by atoms with E-state index in [1.165, 1.54) is 7.11 Å². The monoisotopic (exact) mass is 319 g/mol. The standard InChI is InChI=1S/C14H16F3NO4/c1-21-8-2-7-18-12(19)9-22-13(20)10-3-5-11(6-4-10)14(15,16)17/h3-6H,2,7-9H2,1H3,(H,18,19). The highest BCUT2D eigenvalue weighted by atomic mass is 19.4. The number of esters is 1. The summed E-state index contributed by atoms with van der Waals surface area (Å²) in [6.45, 7) is 0.378. The molecule has 0 radical (unpaired) electrons. The second-order valence-corrected chi connectivity index (χ2v) is 4.35. The van der Waals surface area contributed by atoms with Gasteiger partial charge in [0.15, 0.2) is 6.61 Å². The predicted molar refractivity (Wildman–Crippen MR) is 71.2 cm³/mol. The summed E-state index contributed by atoms with van der Waals surface area (Å²) < 4.78 is 46.6. The molecular weight excluding hydrogens is 303 g/mol. The van der Waals surface area contributed by atoms with Crippen LogP contribution >= 0.6 is 0 Å². The van der Waals surface area contributed by atoms with Crippen molar-refractivity contribution in [2.75, 3.05) is 26.9 Å². The Bertz CT molecular complexity index is 500. The average molecular weight is 319 g/mol. The highest BCUT2D eigenvalue weighted by molar-refractivity contribution is 5.91. The van der Waals surface area contributed by atoms with Crippen molar-refractivity contribution in [3.63, 3.8) is 0 Å². The molecule has 22 heavy (non-hydrogen) atoms. The van der Waals surface area contributed by atoms with Gasteiger partial charge in [0.1, 0.15) is 0 Å². The molecule has 0 spiro atoms. The molecule has 0 saturated carbocycles. The second kappa shape index (κ2) is 8.38. The van der Waals surface area contributed by atoms with Gasteiger partial charge in [0.05, 0.1) is 11.1 Å². The fourth-order valence-electron chi connectivity index (χ4n) is 1.51.